The third kappa shape index (κ3) is 3.80. The van der Waals surface area contributed by atoms with Gasteiger partial charge in [0.2, 0.25) is 0 Å². The summed E-state index contributed by atoms with van der Waals surface area (Å²) in [6.45, 7) is 2.49. The normalized spacial score (nSPS) is 11.7. The summed E-state index contributed by atoms with van der Waals surface area (Å²) in [7, 11) is 1.64. The molecule has 0 aliphatic carbocycles. The number of para-hydroxylation sites is 1. The number of nitriles is 1. The van der Waals surface area contributed by atoms with Gasteiger partial charge in [0.05, 0.1) is 18.7 Å². The number of hydrogen-bond acceptors (Lipinski definition) is 3. The number of hydrogen-bond donors (Lipinski definition) is 1. The Morgan fingerprint density at radius 1 is 1.29 bits per heavy atom. The van der Waals surface area contributed by atoms with Gasteiger partial charge in [0.25, 0.3) is 0 Å². The molecule has 0 fully saturated rings. The predicted octanol–water partition coefficient (Wildman–Crippen LogP) is 3.56. The molecule has 0 aliphatic heterocycles. The number of nitrogens with one attached hydrogen (secondary N) is 1. The van der Waals surface area contributed by atoms with Crippen molar-refractivity contribution in [3.8, 4) is 11.8 Å². The van der Waals surface area contributed by atoms with Crippen molar-refractivity contribution in [2.24, 2.45) is 0 Å². The molecule has 0 amide bonds. The van der Waals surface area contributed by atoms with Gasteiger partial charge in [-0.05, 0) is 36.8 Å². The van der Waals surface area contributed by atoms with Gasteiger partial charge in [0.15, 0.2) is 0 Å². The van der Waals surface area contributed by atoms with Crippen LogP contribution < -0.4 is 10.1 Å². The van der Waals surface area contributed by atoms with E-state index in [0.29, 0.717) is 12.1 Å². The first-order chi connectivity index (χ1) is 10.1. The maximum atomic E-state index is 13.4. The quantitative estimate of drug-likeness (QED) is 0.913. The average Bonchev–Trinajstić information content (AvgIpc) is 2.52. The van der Waals surface area contributed by atoms with Crippen LogP contribution in [0.4, 0.5) is 4.39 Å². The third-order valence-corrected chi connectivity index (χ3v) is 3.30. The Kier molecular flexibility index (Phi) is 4.91. The minimum Gasteiger partial charge on any atom is -0.496 e. The molecule has 2 aromatic rings. The zero-order chi connectivity index (χ0) is 15.2. The van der Waals surface area contributed by atoms with E-state index in [1.165, 1.54) is 12.1 Å². The van der Waals surface area contributed by atoms with Gasteiger partial charge in [-0.3, -0.25) is 0 Å². The van der Waals surface area contributed by atoms with Crippen molar-refractivity contribution >= 4 is 0 Å². The molecule has 0 aliphatic rings. The summed E-state index contributed by atoms with van der Waals surface area (Å²) in [6, 6.07) is 14.1. The van der Waals surface area contributed by atoms with Crippen LogP contribution in [-0.4, -0.2) is 7.11 Å². The topological polar surface area (TPSA) is 45.0 Å². The van der Waals surface area contributed by atoms with Crippen molar-refractivity contribution in [2.75, 3.05) is 7.11 Å². The molecule has 0 spiro atoms. The van der Waals surface area contributed by atoms with Gasteiger partial charge < -0.3 is 10.1 Å². The van der Waals surface area contributed by atoms with Crippen LogP contribution in [0.15, 0.2) is 42.5 Å². The maximum absolute atomic E-state index is 13.4. The summed E-state index contributed by atoms with van der Waals surface area (Å²) >= 11 is 0. The number of benzene rings is 2. The van der Waals surface area contributed by atoms with Crippen molar-refractivity contribution < 1.29 is 9.13 Å². The van der Waals surface area contributed by atoms with E-state index in [-0.39, 0.29) is 6.04 Å². The predicted molar refractivity (Wildman–Crippen MR) is 79.4 cm³/mol. The molecule has 0 radical (unpaired) electrons. The van der Waals surface area contributed by atoms with Crippen LogP contribution in [-0.2, 0) is 6.54 Å². The smallest absolute Gasteiger partial charge is 0.124 e. The summed E-state index contributed by atoms with van der Waals surface area (Å²) in [5.74, 6) is 0.422. The number of rotatable bonds is 5. The molecule has 2 aromatic carbocycles. The first-order valence-corrected chi connectivity index (χ1v) is 6.70. The van der Waals surface area contributed by atoms with Gasteiger partial charge >= 0.3 is 0 Å². The van der Waals surface area contributed by atoms with E-state index >= 15 is 0 Å². The van der Waals surface area contributed by atoms with Crippen molar-refractivity contribution in [1.82, 2.24) is 5.32 Å². The van der Waals surface area contributed by atoms with Crippen LogP contribution >= 0.6 is 0 Å². The van der Waals surface area contributed by atoms with Crippen LogP contribution in [0.1, 0.15) is 29.7 Å². The van der Waals surface area contributed by atoms with Crippen LogP contribution in [0.25, 0.3) is 0 Å². The monoisotopic (exact) mass is 284 g/mol. The lowest BCUT2D eigenvalue weighted by Gasteiger charge is -2.17. The van der Waals surface area contributed by atoms with E-state index in [1.807, 2.05) is 37.3 Å². The molecule has 4 heteroatoms. The molecule has 1 N–H and O–H groups in total. The summed E-state index contributed by atoms with van der Waals surface area (Å²) in [5.41, 5.74) is 2.11. The zero-order valence-corrected chi connectivity index (χ0v) is 12.1. The van der Waals surface area contributed by atoms with E-state index in [2.05, 4.69) is 5.32 Å². The Labute approximate surface area is 124 Å². The fraction of sp³-hybridized carbons (Fsp3) is 0.235. The molecule has 21 heavy (non-hydrogen) atoms. The van der Waals surface area contributed by atoms with Crippen LogP contribution in [0.3, 0.4) is 0 Å². The number of methoxy groups -OCH3 is 1. The lowest BCUT2D eigenvalue weighted by Crippen LogP contribution is -2.18. The van der Waals surface area contributed by atoms with Crippen molar-refractivity contribution in [3.63, 3.8) is 0 Å². The summed E-state index contributed by atoms with van der Waals surface area (Å²) in [4.78, 5) is 0. The Hall–Kier alpha value is -2.38. The van der Waals surface area contributed by atoms with Crippen LogP contribution in [0.5, 0.6) is 5.75 Å². The van der Waals surface area contributed by atoms with Gasteiger partial charge in [0.1, 0.15) is 11.6 Å². The standard InChI is InChI=1S/C17H17FN2O/c1-12(16-5-3-4-6-17(16)21-2)20-11-14-7-13(10-19)8-15(18)9-14/h3-9,12,20H,11H2,1-2H3/t12-/m0/s1. The third-order valence-electron chi connectivity index (χ3n) is 3.30. The van der Waals surface area contributed by atoms with E-state index in [4.69, 9.17) is 10.00 Å². The van der Waals surface area contributed by atoms with Crippen molar-refractivity contribution in [1.29, 1.82) is 5.26 Å². The van der Waals surface area contributed by atoms with Crippen molar-refractivity contribution in [2.45, 2.75) is 19.5 Å². The molecule has 3 nitrogen and oxygen atoms in total. The molecule has 0 saturated carbocycles. The second-order valence-electron chi connectivity index (χ2n) is 4.80. The first kappa shape index (κ1) is 15.0. The Bertz CT molecular complexity index is 664. The maximum Gasteiger partial charge on any atom is 0.124 e. The Morgan fingerprint density at radius 2 is 2.05 bits per heavy atom. The first-order valence-electron chi connectivity index (χ1n) is 6.70. The van der Waals surface area contributed by atoms with Crippen LogP contribution in [0.2, 0.25) is 0 Å². The summed E-state index contributed by atoms with van der Waals surface area (Å²) in [5, 5.41) is 12.2. The van der Waals surface area contributed by atoms with Crippen molar-refractivity contribution in [3.05, 3.63) is 65.0 Å². The lowest BCUT2D eigenvalue weighted by atomic mass is 10.1. The highest BCUT2D eigenvalue weighted by Crippen LogP contribution is 2.24. The zero-order valence-electron chi connectivity index (χ0n) is 12.1. The summed E-state index contributed by atoms with van der Waals surface area (Å²) < 4.78 is 18.7. The second-order valence-corrected chi connectivity index (χ2v) is 4.80. The average molecular weight is 284 g/mol. The van der Waals surface area contributed by atoms with Gasteiger partial charge in [-0.25, -0.2) is 4.39 Å². The van der Waals surface area contributed by atoms with E-state index in [1.54, 1.807) is 13.2 Å². The largest absolute Gasteiger partial charge is 0.496 e. The molecule has 0 heterocycles. The molecule has 0 saturated heterocycles. The highest BCUT2D eigenvalue weighted by Gasteiger charge is 2.10. The molecule has 108 valence electrons. The van der Waals surface area contributed by atoms with Gasteiger partial charge in [-0.1, -0.05) is 18.2 Å². The minimum atomic E-state index is -0.393. The molecular formula is C17H17FN2O. The van der Waals surface area contributed by atoms with E-state index in [9.17, 15) is 4.39 Å². The Balaban J connectivity index is 2.09. The molecule has 0 bridgehead atoms. The molecule has 2 rings (SSSR count). The van der Waals surface area contributed by atoms with E-state index < -0.39 is 5.82 Å². The Morgan fingerprint density at radius 3 is 2.76 bits per heavy atom. The fourth-order valence-electron chi connectivity index (χ4n) is 2.22. The van der Waals surface area contributed by atoms with Gasteiger partial charge in [-0.2, -0.15) is 5.26 Å². The molecule has 1 atom stereocenters. The second kappa shape index (κ2) is 6.87. The summed E-state index contributed by atoms with van der Waals surface area (Å²) in [6.07, 6.45) is 0. The van der Waals surface area contributed by atoms with Gasteiger partial charge in [0, 0.05) is 18.2 Å². The SMILES string of the molecule is COc1ccccc1[C@H](C)NCc1cc(F)cc(C#N)c1. The number of ether oxygens (including phenoxy) is 1. The van der Waals surface area contributed by atoms with Crippen LogP contribution in [0, 0.1) is 17.1 Å². The van der Waals surface area contributed by atoms with E-state index in [0.717, 1.165) is 16.9 Å². The number of nitrogens with zero attached hydrogens (tertiary/aromatic N) is 1. The molecular weight excluding hydrogens is 267 g/mol. The highest BCUT2D eigenvalue weighted by molar-refractivity contribution is 5.36. The lowest BCUT2D eigenvalue weighted by molar-refractivity contribution is 0.401. The highest BCUT2D eigenvalue weighted by atomic mass is 19.1. The van der Waals surface area contributed by atoms with Gasteiger partial charge in [-0.15, -0.1) is 0 Å². The minimum absolute atomic E-state index is 0.0509. The molecule has 0 unspecified atom stereocenters. The molecule has 0 aromatic heterocycles. The number of halogens is 1. The fourth-order valence-corrected chi connectivity index (χ4v) is 2.22.